The van der Waals surface area contributed by atoms with Gasteiger partial charge in [0.05, 0.1) is 6.61 Å². The summed E-state index contributed by atoms with van der Waals surface area (Å²) in [6.45, 7) is 8.58. The topological polar surface area (TPSA) is 66.5 Å². The van der Waals surface area contributed by atoms with E-state index in [-0.39, 0.29) is 29.9 Å². The third-order valence-electron chi connectivity index (χ3n) is 2.52. The Bertz CT molecular complexity index is 170. The molecule has 0 spiro atoms. The largest absolute Gasteiger partial charge is 0.396 e. The van der Waals surface area contributed by atoms with E-state index in [0.717, 1.165) is 6.42 Å². The van der Waals surface area contributed by atoms with Gasteiger partial charge >= 0.3 is 0 Å². The van der Waals surface area contributed by atoms with Crippen LogP contribution in [0.5, 0.6) is 0 Å². The van der Waals surface area contributed by atoms with Crippen LogP contribution in [0.3, 0.4) is 0 Å². The van der Waals surface area contributed by atoms with Crippen molar-refractivity contribution >= 4 is 11.8 Å². The van der Waals surface area contributed by atoms with Crippen LogP contribution in [0.1, 0.15) is 34.1 Å². The van der Waals surface area contributed by atoms with Gasteiger partial charge in [0, 0.05) is 23.1 Å². The number of hydrogen-bond acceptors (Lipinski definition) is 4. The Hall–Kier alpha value is 0.230. The molecule has 0 aromatic heterocycles. The zero-order valence-corrected chi connectivity index (χ0v) is 11.0. The van der Waals surface area contributed by atoms with E-state index in [0.29, 0.717) is 5.25 Å². The van der Waals surface area contributed by atoms with Crippen molar-refractivity contribution in [1.29, 1.82) is 0 Å². The third-order valence-corrected chi connectivity index (χ3v) is 4.02. The van der Waals surface area contributed by atoms with E-state index < -0.39 is 0 Å². The summed E-state index contributed by atoms with van der Waals surface area (Å²) in [4.78, 5) is 0. The molecule has 3 atom stereocenters. The van der Waals surface area contributed by atoms with Gasteiger partial charge in [0.2, 0.25) is 0 Å². The Labute approximate surface area is 97.4 Å². The van der Waals surface area contributed by atoms with E-state index in [1.54, 1.807) is 11.8 Å². The molecule has 15 heavy (non-hydrogen) atoms. The highest BCUT2D eigenvalue weighted by atomic mass is 32.2. The number of aliphatic hydroxyl groups excluding tert-OH is 2. The maximum absolute atomic E-state index is 9.31. The maximum atomic E-state index is 9.31. The second kappa shape index (κ2) is 6.74. The van der Waals surface area contributed by atoms with Crippen molar-refractivity contribution in [3.8, 4) is 0 Å². The molecule has 4 heteroatoms. The standard InChI is InChI=1S/C11H25NO2S/c1-8(5-6-13)15-9(7-14)10(12)11(2,3)4/h8-10,13-14H,5-7,12H2,1-4H3. The highest BCUT2D eigenvalue weighted by Crippen LogP contribution is 2.29. The lowest BCUT2D eigenvalue weighted by Gasteiger charge is -2.34. The molecule has 92 valence electrons. The minimum atomic E-state index is -0.0337. The minimum Gasteiger partial charge on any atom is -0.396 e. The summed E-state index contributed by atoms with van der Waals surface area (Å²) in [5.41, 5.74) is 6.11. The van der Waals surface area contributed by atoms with Gasteiger partial charge in [0.15, 0.2) is 0 Å². The minimum absolute atomic E-state index is 0.000663. The fourth-order valence-corrected chi connectivity index (χ4v) is 2.85. The highest BCUT2D eigenvalue weighted by Gasteiger charge is 2.29. The Morgan fingerprint density at radius 3 is 2.13 bits per heavy atom. The molecule has 0 bridgehead atoms. The molecule has 0 aliphatic heterocycles. The summed E-state index contributed by atoms with van der Waals surface area (Å²) in [5.74, 6) is 0. The van der Waals surface area contributed by atoms with Gasteiger partial charge in [0.25, 0.3) is 0 Å². The van der Waals surface area contributed by atoms with Gasteiger partial charge in [-0.05, 0) is 11.8 Å². The molecule has 0 heterocycles. The molecule has 0 fully saturated rings. The zero-order valence-electron chi connectivity index (χ0n) is 10.2. The number of aliphatic hydroxyl groups is 2. The van der Waals surface area contributed by atoms with E-state index in [9.17, 15) is 5.11 Å². The van der Waals surface area contributed by atoms with Crippen LogP contribution in [0.2, 0.25) is 0 Å². The summed E-state index contributed by atoms with van der Waals surface area (Å²) >= 11 is 1.67. The molecule has 0 saturated heterocycles. The SMILES string of the molecule is CC(CCO)SC(CO)C(N)C(C)(C)C. The lowest BCUT2D eigenvalue weighted by molar-refractivity contribution is 0.232. The molecule has 0 rings (SSSR count). The number of thioether (sulfide) groups is 1. The average molecular weight is 235 g/mol. The molecule has 0 aromatic rings. The number of hydrogen-bond donors (Lipinski definition) is 3. The van der Waals surface area contributed by atoms with E-state index in [4.69, 9.17) is 10.8 Å². The van der Waals surface area contributed by atoms with E-state index in [1.807, 2.05) is 0 Å². The van der Waals surface area contributed by atoms with Gasteiger partial charge in [-0.3, -0.25) is 0 Å². The Balaban J connectivity index is 4.24. The predicted octanol–water partition coefficient (Wildman–Crippen LogP) is 1.22. The van der Waals surface area contributed by atoms with Crippen molar-refractivity contribution in [2.24, 2.45) is 11.1 Å². The van der Waals surface area contributed by atoms with Crippen molar-refractivity contribution < 1.29 is 10.2 Å². The van der Waals surface area contributed by atoms with Crippen molar-refractivity contribution in [3.05, 3.63) is 0 Å². The maximum Gasteiger partial charge on any atom is 0.0565 e. The molecule has 4 N–H and O–H groups in total. The molecule has 3 unspecified atom stereocenters. The fourth-order valence-electron chi connectivity index (χ4n) is 1.35. The average Bonchev–Trinajstić information content (AvgIpc) is 2.12. The van der Waals surface area contributed by atoms with Crippen molar-refractivity contribution in [2.75, 3.05) is 13.2 Å². The van der Waals surface area contributed by atoms with Crippen molar-refractivity contribution in [2.45, 2.75) is 50.7 Å². The second-order valence-corrected chi connectivity index (χ2v) is 6.75. The normalized spacial score (nSPS) is 18.6. The van der Waals surface area contributed by atoms with E-state index in [1.165, 1.54) is 0 Å². The Kier molecular flexibility index (Phi) is 6.84. The fraction of sp³-hybridized carbons (Fsp3) is 1.00. The van der Waals surface area contributed by atoms with E-state index in [2.05, 4.69) is 27.7 Å². The number of rotatable bonds is 6. The lowest BCUT2D eigenvalue weighted by atomic mass is 9.85. The second-order valence-electron chi connectivity index (χ2n) is 5.07. The van der Waals surface area contributed by atoms with Crippen LogP contribution in [0.4, 0.5) is 0 Å². The Morgan fingerprint density at radius 1 is 1.27 bits per heavy atom. The molecule has 0 aliphatic rings. The van der Waals surface area contributed by atoms with Crippen LogP contribution in [-0.2, 0) is 0 Å². The van der Waals surface area contributed by atoms with Crippen LogP contribution >= 0.6 is 11.8 Å². The van der Waals surface area contributed by atoms with Gasteiger partial charge in [-0.1, -0.05) is 27.7 Å². The first-order valence-corrected chi connectivity index (χ1v) is 6.40. The van der Waals surface area contributed by atoms with Crippen LogP contribution in [0.25, 0.3) is 0 Å². The third kappa shape index (κ3) is 5.76. The zero-order chi connectivity index (χ0) is 12.1. The van der Waals surface area contributed by atoms with Crippen LogP contribution in [0.15, 0.2) is 0 Å². The first kappa shape index (κ1) is 15.2. The summed E-state index contributed by atoms with van der Waals surface area (Å²) in [5, 5.41) is 18.5. The van der Waals surface area contributed by atoms with Gasteiger partial charge in [0.1, 0.15) is 0 Å². The summed E-state index contributed by atoms with van der Waals surface area (Å²) in [6.07, 6.45) is 0.748. The molecule has 0 amide bonds. The van der Waals surface area contributed by atoms with E-state index >= 15 is 0 Å². The Morgan fingerprint density at radius 2 is 1.80 bits per heavy atom. The first-order chi connectivity index (χ1) is 6.82. The molecule has 0 aromatic carbocycles. The molecular formula is C11H25NO2S. The van der Waals surface area contributed by atoms with Gasteiger partial charge in [-0.15, -0.1) is 0 Å². The molecule has 0 aliphatic carbocycles. The molecule has 0 saturated carbocycles. The summed E-state index contributed by atoms with van der Waals surface area (Å²) in [7, 11) is 0. The summed E-state index contributed by atoms with van der Waals surface area (Å²) in [6, 6.07) is -0.0337. The van der Waals surface area contributed by atoms with Gasteiger partial charge < -0.3 is 15.9 Å². The smallest absolute Gasteiger partial charge is 0.0565 e. The monoisotopic (exact) mass is 235 g/mol. The van der Waals surface area contributed by atoms with Crippen LogP contribution in [0, 0.1) is 5.41 Å². The van der Waals surface area contributed by atoms with Crippen molar-refractivity contribution in [1.82, 2.24) is 0 Å². The predicted molar refractivity (Wildman–Crippen MR) is 67.1 cm³/mol. The molecule has 0 radical (unpaired) electrons. The van der Waals surface area contributed by atoms with Gasteiger partial charge in [-0.2, -0.15) is 11.8 Å². The molecular weight excluding hydrogens is 210 g/mol. The first-order valence-electron chi connectivity index (χ1n) is 5.45. The molecule has 3 nitrogen and oxygen atoms in total. The summed E-state index contributed by atoms with van der Waals surface area (Å²) < 4.78 is 0. The van der Waals surface area contributed by atoms with Gasteiger partial charge in [-0.25, -0.2) is 0 Å². The van der Waals surface area contributed by atoms with Crippen molar-refractivity contribution in [3.63, 3.8) is 0 Å². The lowest BCUT2D eigenvalue weighted by Crippen LogP contribution is -2.45. The number of nitrogens with two attached hydrogens (primary N) is 1. The quantitative estimate of drug-likeness (QED) is 0.648. The van der Waals surface area contributed by atoms with Crippen LogP contribution < -0.4 is 5.73 Å². The van der Waals surface area contributed by atoms with Crippen LogP contribution in [-0.4, -0.2) is 40.0 Å². The highest BCUT2D eigenvalue weighted by molar-refractivity contribution is 8.00.